The van der Waals surface area contributed by atoms with Crippen molar-refractivity contribution in [3.8, 4) is 0 Å². The zero-order valence-electron chi connectivity index (χ0n) is 18.6. The van der Waals surface area contributed by atoms with E-state index in [9.17, 15) is 18.0 Å². The number of unbranched alkanes of at least 4 members (excludes halogenated alkanes) is 8. The summed E-state index contributed by atoms with van der Waals surface area (Å²) in [6.07, 6.45) is 10.3. The molecular weight excluding hydrogens is 412 g/mol. The first-order chi connectivity index (χ1) is 14.8. The van der Waals surface area contributed by atoms with Crippen LogP contribution in [-0.2, 0) is 19.6 Å². The molecule has 2 amide bonds. The minimum Gasteiger partial charge on any atom is -0.326 e. The van der Waals surface area contributed by atoms with Crippen LogP contribution in [0.3, 0.4) is 0 Å². The van der Waals surface area contributed by atoms with Crippen molar-refractivity contribution in [2.45, 2.75) is 83.0 Å². The molecule has 0 saturated heterocycles. The Morgan fingerprint density at radius 1 is 0.806 bits per heavy atom. The second-order valence-electron chi connectivity index (χ2n) is 7.95. The van der Waals surface area contributed by atoms with Gasteiger partial charge in [0.05, 0.1) is 4.90 Å². The summed E-state index contributed by atoms with van der Waals surface area (Å²) in [5.74, 6) is -0.729. The molecule has 0 spiro atoms. The van der Waals surface area contributed by atoms with Gasteiger partial charge in [-0.3, -0.25) is 9.59 Å². The van der Waals surface area contributed by atoms with Gasteiger partial charge >= 0.3 is 0 Å². The summed E-state index contributed by atoms with van der Waals surface area (Å²) >= 11 is 0. The molecule has 2 aromatic carbocycles. The maximum atomic E-state index is 12.8. The lowest BCUT2D eigenvalue weighted by atomic mass is 10.1. The Labute approximate surface area is 185 Å². The van der Waals surface area contributed by atoms with Gasteiger partial charge in [0.25, 0.3) is 10.0 Å². The fourth-order valence-electron chi connectivity index (χ4n) is 3.66. The van der Waals surface area contributed by atoms with Crippen molar-refractivity contribution in [3.05, 3.63) is 36.4 Å². The lowest BCUT2D eigenvalue weighted by molar-refractivity contribution is -0.119. The molecule has 0 fully saturated rings. The molecule has 6 nitrogen and oxygen atoms in total. The summed E-state index contributed by atoms with van der Waals surface area (Å²) in [5.41, 5.74) is 0.531. The number of nitrogens with one attached hydrogen (secondary N) is 2. The summed E-state index contributed by atoms with van der Waals surface area (Å²) in [5, 5.41) is 3.76. The van der Waals surface area contributed by atoms with E-state index in [1.807, 2.05) is 0 Å². The smallest absolute Gasteiger partial charge is 0.264 e. The van der Waals surface area contributed by atoms with Gasteiger partial charge in [0.15, 0.2) is 0 Å². The van der Waals surface area contributed by atoms with Crippen molar-refractivity contribution in [1.29, 1.82) is 0 Å². The molecule has 170 valence electrons. The number of benzene rings is 2. The van der Waals surface area contributed by atoms with Crippen LogP contribution in [0.15, 0.2) is 41.3 Å². The quantitative estimate of drug-likeness (QED) is 0.396. The molecule has 2 aromatic rings. The van der Waals surface area contributed by atoms with E-state index in [0.29, 0.717) is 22.9 Å². The van der Waals surface area contributed by atoms with E-state index in [1.165, 1.54) is 45.1 Å². The summed E-state index contributed by atoms with van der Waals surface area (Å²) in [7, 11) is -4.00. The van der Waals surface area contributed by atoms with Crippen molar-refractivity contribution < 1.29 is 18.0 Å². The molecule has 0 heterocycles. The predicted octanol–water partition coefficient (Wildman–Crippen LogP) is 5.52. The van der Waals surface area contributed by atoms with Crippen LogP contribution >= 0.6 is 0 Å². The Hall–Kier alpha value is -2.41. The summed E-state index contributed by atoms with van der Waals surface area (Å²) in [6, 6.07) is 9.87. The number of carbonyl (C=O) groups is 2. The summed E-state index contributed by atoms with van der Waals surface area (Å²) in [4.78, 5) is 23.7. The molecule has 0 atom stereocenters. The van der Waals surface area contributed by atoms with E-state index >= 15 is 0 Å². The van der Waals surface area contributed by atoms with Crippen LogP contribution < -0.4 is 10.0 Å². The maximum Gasteiger partial charge on any atom is 0.264 e. The highest BCUT2D eigenvalue weighted by Gasteiger charge is 2.21. The van der Waals surface area contributed by atoms with Crippen LogP contribution in [-0.4, -0.2) is 20.2 Å². The highest BCUT2D eigenvalue weighted by molar-refractivity contribution is 7.90. The van der Waals surface area contributed by atoms with Gasteiger partial charge in [0.1, 0.15) is 0 Å². The first kappa shape index (κ1) is 24.9. The molecule has 0 aliphatic heterocycles. The van der Waals surface area contributed by atoms with E-state index < -0.39 is 15.9 Å². The van der Waals surface area contributed by atoms with E-state index in [-0.39, 0.29) is 17.2 Å². The van der Waals surface area contributed by atoms with E-state index in [1.54, 1.807) is 30.3 Å². The fourth-order valence-corrected chi connectivity index (χ4v) is 4.88. The van der Waals surface area contributed by atoms with Crippen LogP contribution in [0, 0.1) is 0 Å². The van der Waals surface area contributed by atoms with E-state index in [2.05, 4.69) is 17.0 Å². The largest absolute Gasteiger partial charge is 0.326 e. The highest BCUT2D eigenvalue weighted by atomic mass is 32.2. The second-order valence-corrected chi connectivity index (χ2v) is 9.60. The molecule has 0 unspecified atom stereocenters. The summed E-state index contributed by atoms with van der Waals surface area (Å²) in [6.45, 7) is 3.60. The topological polar surface area (TPSA) is 92.3 Å². The van der Waals surface area contributed by atoms with Crippen LogP contribution in [0.25, 0.3) is 10.8 Å². The summed E-state index contributed by atoms with van der Waals surface area (Å²) < 4.78 is 27.9. The fraction of sp³-hybridized carbons (Fsp3) is 0.500. The molecule has 2 N–H and O–H groups in total. The zero-order chi connectivity index (χ0) is 22.7. The van der Waals surface area contributed by atoms with Gasteiger partial charge in [-0.2, -0.15) is 0 Å². The Morgan fingerprint density at radius 3 is 2.00 bits per heavy atom. The van der Waals surface area contributed by atoms with Crippen LogP contribution in [0.2, 0.25) is 0 Å². The molecule has 0 aromatic heterocycles. The lowest BCUT2D eigenvalue weighted by Crippen LogP contribution is -2.30. The number of anilines is 1. The van der Waals surface area contributed by atoms with Gasteiger partial charge in [-0.05, 0) is 18.6 Å². The van der Waals surface area contributed by atoms with Gasteiger partial charge in [-0.15, -0.1) is 0 Å². The van der Waals surface area contributed by atoms with Gasteiger partial charge in [0, 0.05) is 29.8 Å². The minimum absolute atomic E-state index is 0.0256. The van der Waals surface area contributed by atoms with Crippen LogP contribution in [0.5, 0.6) is 0 Å². The third-order valence-electron chi connectivity index (χ3n) is 5.24. The number of sulfonamides is 1. The molecule has 0 aliphatic rings. The first-order valence-electron chi connectivity index (χ1n) is 11.2. The van der Waals surface area contributed by atoms with Crippen molar-refractivity contribution in [1.82, 2.24) is 4.72 Å². The number of fused-ring (bicyclic) bond motifs is 1. The van der Waals surface area contributed by atoms with Gasteiger partial charge < -0.3 is 5.32 Å². The molecule has 7 heteroatoms. The van der Waals surface area contributed by atoms with Crippen molar-refractivity contribution in [3.63, 3.8) is 0 Å². The minimum atomic E-state index is -4.00. The third-order valence-corrected chi connectivity index (χ3v) is 6.67. The third kappa shape index (κ3) is 7.98. The van der Waals surface area contributed by atoms with Gasteiger partial charge in [-0.25, -0.2) is 13.1 Å². The zero-order valence-corrected chi connectivity index (χ0v) is 19.4. The number of hydrogen-bond acceptors (Lipinski definition) is 4. The molecule has 0 saturated carbocycles. The van der Waals surface area contributed by atoms with Crippen molar-refractivity contribution >= 4 is 38.3 Å². The number of rotatable bonds is 13. The SMILES string of the molecule is CCCCCCCCCCCC(=O)NS(=O)(=O)c1ccc(NC(C)=O)c2ccccc12. The lowest BCUT2D eigenvalue weighted by Gasteiger charge is -2.13. The molecule has 2 rings (SSSR count). The van der Waals surface area contributed by atoms with Crippen molar-refractivity contribution in [2.24, 2.45) is 0 Å². The van der Waals surface area contributed by atoms with E-state index in [4.69, 9.17) is 0 Å². The maximum absolute atomic E-state index is 12.8. The normalized spacial score (nSPS) is 11.4. The van der Waals surface area contributed by atoms with Gasteiger partial charge in [0.2, 0.25) is 11.8 Å². The van der Waals surface area contributed by atoms with Crippen LogP contribution in [0.1, 0.15) is 78.1 Å². The van der Waals surface area contributed by atoms with Gasteiger partial charge in [-0.1, -0.05) is 82.6 Å². The van der Waals surface area contributed by atoms with Crippen molar-refractivity contribution in [2.75, 3.05) is 5.32 Å². The highest BCUT2D eigenvalue weighted by Crippen LogP contribution is 2.29. The predicted molar refractivity (Wildman–Crippen MR) is 125 cm³/mol. The monoisotopic (exact) mass is 446 g/mol. The Morgan fingerprint density at radius 2 is 1.39 bits per heavy atom. The Bertz CT molecular complexity index is 986. The molecule has 0 aliphatic carbocycles. The van der Waals surface area contributed by atoms with Crippen LogP contribution in [0.4, 0.5) is 5.69 Å². The molecule has 31 heavy (non-hydrogen) atoms. The molecule has 0 radical (unpaired) electrons. The Balaban J connectivity index is 1.92. The number of carbonyl (C=O) groups excluding carboxylic acids is 2. The molecule has 0 bridgehead atoms. The average molecular weight is 447 g/mol. The number of amides is 2. The number of hydrogen-bond donors (Lipinski definition) is 2. The standard InChI is InChI=1S/C24H34N2O4S/c1-3-4-5-6-7-8-9-10-11-16-24(28)26-31(29,30)23-18-17-22(25-19(2)27)20-14-12-13-15-21(20)23/h12-15,17-18H,3-11,16H2,1-2H3,(H,25,27)(H,26,28). The average Bonchev–Trinajstić information content (AvgIpc) is 2.72. The molecular formula is C24H34N2O4S. The van der Waals surface area contributed by atoms with E-state index in [0.717, 1.165) is 19.3 Å². The first-order valence-corrected chi connectivity index (χ1v) is 12.7. The second kappa shape index (κ2) is 12.4. The Kier molecular flexibility index (Phi) is 9.98.